The minimum Gasteiger partial charge on any atom is -0.309 e. The van der Waals surface area contributed by atoms with Gasteiger partial charge in [0.2, 0.25) is 0 Å². The summed E-state index contributed by atoms with van der Waals surface area (Å²) in [5, 5.41) is 7.29. The average molecular weight is 761 g/mol. The van der Waals surface area contributed by atoms with E-state index in [0.29, 0.717) is 17.5 Å². The van der Waals surface area contributed by atoms with Crippen molar-refractivity contribution in [1.29, 1.82) is 0 Å². The Morgan fingerprint density at radius 2 is 0.949 bits per heavy atom. The van der Waals surface area contributed by atoms with E-state index in [2.05, 4.69) is 184 Å². The largest absolute Gasteiger partial charge is 0.309 e. The Morgan fingerprint density at radius 3 is 1.69 bits per heavy atom. The zero-order valence-electron chi connectivity index (χ0n) is 33.9. The monoisotopic (exact) mass is 760 g/mol. The van der Waals surface area contributed by atoms with E-state index in [-0.39, 0.29) is 10.8 Å². The summed E-state index contributed by atoms with van der Waals surface area (Å²) in [7, 11) is 0. The van der Waals surface area contributed by atoms with Crippen LogP contribution in [-0.4, -0.2) is 19.5 Å². The minimum atomic E-state index is 0.0926. The fourth-order valence-electron chi connectivity index (χ4n) is 9.58. The van der Waals surface area contributed by atoms with E-state index >= 15 is 0 Å². The van der Waals surface area contributed by atoms with Crippen LogP contribution < -0.4 is 0 Å². The number of hydrogen-bond donors (Lipinski definition) is 0. The second-order valence-electron chi connectivity index (χ2n) is 17.5. The minimum absolute atomic E-state index is 0.0926. The van der Waals surface area contributed by atoms with Gasteiger partial charge in [0.05, 0.1) is 16.7 Å². The third-order valence-electron chi connectivity index (χ3n) is 12.9. The lowest BCUT2D eigenvalue weighted by Crippen LogP contribution is -2.33. The van der Waals surface area contributed by atoms with Gasteiger partial charge in [-0.25, -0.2) is 15.0 Å². The number of nitrogens with zero attached hydrogens (tertiary/aromatic N) is 4. The van der Waals surface area contributed by atoms with Crippen molar-refractivity contribution in [3.05, 3.63) is 181 Å². The van der Waals surface area contributed by atoms with E-state index in [4.69, 9.17) is 15.0 Å². The van der Waals surface area contributed by atoms with E-state index in [1.54, 1.807) is 0 Å². The molecule has 0 aliphatic heterocycles. The van der Waals surface area contributed by atoms with Gasteiger partial charge >= 0.3 is 0 Å². The van der Waals surface area contributed by atoms with Crippen LogP contribution in [0, 0.1) is 0 Å². The molecule has 2 heterocycles. The number of para-hydroxylation sites is 1. The molecular weight excluding hydrogens is 717 g/mol. The van der Waals surface area contributed by atoms with Crippen molar-refractivity contribution in [2.75, 3.05) is 0 Å². The van der Waals surface area contributed by atoms with Gasteiger partial charge < -0.3 is 4.57 Å². The van der Waals surface area contributed by atoms with E-state index in [1.807, 2.05) is 18.2 Å². The molecule has 0 spiro atoms. The van der Waals surface area contributed by atoms with Crippen molar-refractivity contribution < 1.29 is 0 Å². The van der Waals surface area contributed by atoms with Crippen LogP contribution in [-0.2, 0) is 10.8 Å². The van der Waals surface area contributed by atoms with E-state index < -0.39 is 0 Å². The molecule has 0 radical (unpaired) electrons. The summed E-state index contributed by atoms with van der Waals surface area (Å²) >= 11 is 0. The molecule has 0 fully saturated rings. The van der Waals surface area contributed by atoms with E-state index in [1.165, 1.54) is 62.1 Å². The molecule has 0 amide bonds. The van der Waals surface area contributed by atoms with Crippen LogP contribution >= 0.6 is 0 Å². The van der Waals surface area contributed by atoms with Gasteiger partial charge in [-0.05, 0) is 92.4 Å². The van der Waals surface area contributed by atoms with Gasteiger partial charge in [0.25, 0.3) is 0 Å². The first-order valence-electron chi connectivity index (χ1n) is 20.7. The highest BCUT2D eigenvalue weighted by atomic mass is 15.0. The maximum absolute atomic E-state index is 5.24. The lowest BCUT2D eigenvalue weighted by atomic mass is 9.63. The molecule has 0 saturated heterocycles. The Morgan fingerprint density at radius 1 is 0.390 bits per heavy atom. The highest BCUT2D eigenvalue weighted by molar-refractivity contribution is 6.12. The zero-order chi connectivity index (χ0) is 39.9. The number of benzene rings is 8. The van der Waals surface area contributed by atoms with E-state index in [9.17, 15) is 0 Å². The maximum Gasteiger partial charge on any atom is 0.164 e. The summed E-state index contributed by atoms with van der Waals surface area (Å²) in [6.45, 7) is 9.65. The fraction of sp³-hybridized carbons (Fsp3) is 0.145. The molecule has 0 bridgehead atoms. The molecule has 4 heteroatoms. The normalized spacial score (nSPS) is 14.6. The second-order valence-corrected chi connectivity index (χ2v) is 17.5. The Bertz CT molecular complexity index is 3260. The molecule has 2 aromatic heterocycles. The van der Waals surface area contributed by atoms with E-state index in [0.717, 1.165) is 38.7 Å². The van der Waals surface area contributed by atoms with Gasteiger partial charge in [0.1, 0.15) is 0 Å². The van der Waals surface area contributed by atoms with Crippen LogP contribution in [0.1, 0.15) is 51.7 Å². The van der Waals surface area contributed by atoms with Crippen molar-refractivity contribution in [1.82, 2.24) is 19.5 Å². The number of hydrogen-bond acceptors (Lipinski definition) is 3. The molecule has 1 aliphatic rings. The third kappa shape index (κ3) is 5.77. The Kier molecular flexibility index (Phi) is 7.96. The molecule has 8 aromatic carbocycles. The summed E-state index contributed by atoms with van der Waals surface area (Å²) in [6, 6.07) is 61.0. The van der Waals surface area contributed by atoms with Gasteiger partial charge in [-0.1, -0.05) is 167 Å². The van der Waals surface area contributed by atoms with Crippen LogP contribution in [0.15, 0.2) is 170 Å². The molecule has 59 heavy (non-hydrogen) atoms. The summed E-state index contributed by atoms with van der Waals surface area (Å²) < 4.78 is 2.49. The fourth-order valence-corrected chi connectivity index (χ4v) is 9.58. The smallest absolute Gasteiger partial charge is 0.164 e. The predicted octanol–water partition coefficient (Wildman–Crippen LogP) is 14.3. The van der Waals surface area contributed by atoms with Crippen LogP contribution in [0.5, 0.6) is 0 Å². The lowest BCUT2D eigenvalue weighted by molar-refractivity contribution is 0.332. The third-order valence-corrected chi connectivity index (χ3v) is 12.9. The second kappa shape index (κ2) is 13.3. The zero-order valence-corrected chi connectivity index (χ0v) is 33.9. The summed E-state index contributed by atoms with van der Waals surface area (Å²) in [5.74, 6) is 1.94. The van der Waals surface area contributed by atoms with Gasteiger partial charge in [0.15, 0.2) is 17.5 Å². The highest BCUT2D eigenvalue weighted by Gasteiger charge is 2.38. The Labute approximate surface area is 344 Å². The molecular formula is C55H44N4. The lowest BCUT2D eigenvalue weighted by Gasteiger charge is -2.42. The van der Waals surface area contributed by atoms with Crippen molar-refractivity contribution in [3.8, 4) is 51.0 Å². The SMILES string of the molecule is CC1(C)CCC(C)(C)c2cc3c(cc21)c1ccccc1n3-c1ccc(-c2nc(-c3ccccc3)nc(-c3ccc(-c4cccc5ccccc45)cc3)n2)c2ccccc12. The molecule has 0 saturated carbocycles. The van der Waals surface area contributed by atoms with Crippen molar-refractivity contribution in [2.24, 2.45) is 0 Å². The average Bonchev–Trinajstić information content (AvgIpc) is 3.60. The molecule has 284 valence electrons. The van der Waals surface area contributed by atoms with Crippen molar-refractivity contribution >= 4 is 43.4 Å². The molecule has 1 aliphatic carbocycles. The first-order valence-corrected chi connectivity index (χ1v) is 20.7. The molecule has 0 atom stereocenters. The van der Waals surface area contributed by atoms with Crippen LogP contribution in [0.2, 0.25) is 0 Å². The quantitative estimate of drug-likeness (QED) is 0.175. The van der Waals surface area contributed by atoms with Crippen molar-refractivity contribution in [3.63, 3.8) is 0 Å². The molecule has 4 nitrogen and oxygen atoms in total. The van der Waals surface area contributed by atoms with Gasteiger partial charge in [-0.3, -0.25) is 0 Å². The Balaban J connectivity index is 1.09. The number of fused-ring (bicyclic) bond motifs is 6. The van der Waals surface area contributed by atoms with Crippen LogP contribution in [0.3, 0.4) is 0 Å². The van der Waals surface area contributed by atoms with Gasteiger partial charge in [-0.15, -0.1) is 0 Å². The Hall–Kier alpha value is -6.91. The van der Waals surface area contributed by atoms with Gasteiger partial charge in [0, 0.05) is 32.8 Å². The molecule has 11 rings (SSSR count). The van der Waals surface area contributed by atoms with Gasteiger partial charge in [-0.2, -0.15) is 0 Å². The highest BCUT2D eigenvalue weighted by Crippen LogP contribution is 2.49. The number of rotatable bonds is 5. The first kappa shape index (κ1) is 35.3. The van der Waals surface area contributed by atoms with Crippen molar-refractivity contribution in [2.45, 2.75) is 51.4 Å². The molecule has 0 unspecified atom stereocenters. The van der Waals surface area contributed by atoms with Crippen LogP contribution in [0.4, 0.5) is 0 Å². The predicted molar refractivity (Wildman–Crippen MR) is 246 cm³/mol. The molecule has 0 N–H and O–H groups in total. The molecule has 10 aromatic rings. The topological polar surface area (TPSA) is 43.6 Å². The maximum atomic E-state index is 5.24. The van der Waals surface area contributed by atoms with Crippen LogP contribution in [0.25, 0.3) is 94.3 Å². The summed E-state index contributed by atoms with van der Waals surface area (Å²) in [6.07, 6.45) is 2.36. The summed E-state index contributed by atoms with van der Waals surface area (Å²) in [4.78, 5) is 15.5. The summed E-state index contributed by atoms with van der Waals surface area (Å²) in [5.41, 5.74) is 12.0. The first-order chi connectivity index (χ1) is 28.7. The number of aromatic nitrogens is 4. The standard InChI is InChI=1S/C55H44N4/c1-54(2)31-32-55(3,4)47-34-50-45(33-46(47)54)43-22-12-13-24-48(43)59(50)49-30-29-44(41-20-10-11-21-42(41)49)53-57-51(37-16-6-5-7-17-37)56-52(58-53)38-27-25-36(26-28-38)40-23-14-18-35-15-8-9-19-39(35)40/h5-30,33-34H,31-32H2,1-4H3.